The van der Waals surface area contributed by atoms with E-state index < -0.39 is 0 Å². The van der Waals surface area contributed by atoms with Crippen molar-refractivity contribution in [2.75, 3.05) is 0 Å². The fourth-order valence-electron chi connectivity index (χ4n) is 1.77. The van der Waals surface area contributed by atoms with Crippen LogP contribution < -0.4 is 10.5 Å². The Balaban J connectivity index is 2.06. The van der Waals surface area contributed by atoms with Gasteiger partial charge in [-0.1, -0.05) is 36.4 Å². The molecule has 0 aliphatic heterocycles. The van der Waals surface area contributed by atoms with Gasteiger partial charge >= 0.3 is 0 Å². The second-order valence-electron chi connectivity index (χ2n) is 4.22. The molecule has 2 aromatic carbocycles. The largest absolute Gasteiger partial charge is 0.489 e. The zero-order valence-electron chi connectivity index (χ0n) is 10.2. The van der Waals surface area contributed by atoms with Gasteiger partial charge in [0.15, 0.2) is 0 Å². The highest BCUT2D eigenvalue weighted by molar-refractivity contribution is 5.24. The van der Waals surface area contributed by atoms with Gasteiger partial charge in [-0.25, -0.2) is 4.39 Å². The van der Waals surface area contributed by atoms with Crippen molar-refractivity contribution in [3.63, 3.8) is 0 Å². The van der Waals surface area contributed by atoms with Crippen molar-refractivity contribution >= 4 is 0 Å². The van der Waals surface area contributed by atoms with Crippen molar-refractivity contribution in [2.45, 2.75) is 19.1 Å². The van der Waals surface area contributed by atoms with E-state index in [-0.39, 0.29) is 18.0 Å². The first-order valence-electron chi connectivity index (χ1n) is 5.89. The third-order valence-electron chi connectivity index (χ3n) is 2.81. The molecule has 0 aliphatic carbocycles. The molecule has 2 N–H and O–H groups in total. The number of rotatable bonds is 4. The molecule has 0 aromatic heterocycles. The Hall–Kier alpha value is -1.87. The predicted molar refractivity (Wildman–Crippen MR) is 69.9 cm³/mol. The Morgan fingerprint density at radius 2 is 1.78 bits per heavy atom. The summed E-state index contributed by atoms with van der Waals surface area (Å²) in [5.74, 6) is 0.182. The average Bonchev–Trinajstić information content (AvgIpc) is 2.39. The molecule has 18 heavy (non-hydrogen) atoms. The number of ether oxygens (including phenoxy) is 1. The van der Waals surface area contributed by atoms with Crippen LogP contribution in [-0.2, 0) is 0 Å². The van der Waals surface area contributed by atoms with Gasteiger partial charge in [0, 0.05) is 6.07 Å². The Kier molecular flexibility index (Phi) is 3.95. The zero-order chi connectivity index (χ0) is 13.0. The van der Waals surface area contributed by atoms with E-state index in [1.807, 2.05) is 37.3 Å². The summed E-state index contributed by atoms with van der Waals surface area (Å²) in [4.78, 5) is 0. The van der Waals surface area contributed by atoms with Crippen LogP contribution in [0.15, 0.2) is 54.6 Å². The van der Waals surface area contributed by atoms with Crippen LogP contribution in [0.1, 0.15) is 18.5 Å². The van der Waals surface area contributed by atoms with Crippen LogP contribution in [0.25, 0.3) is 0 Å². The van der Waals surface area contributed by atoms with E-state index >= 15 is 0 Å². The highest BCUT2D eigenvalue weighted by atomic mass is 19.1. The Morgan fingerprint density at radius 1 is 1.06 bits per heavy atom. The molecule has 0 radical (unpaired) electrons. The summed E-state index contributed by atoms with van der Waals surface area (Å²) in [6.45, 7) is 1.88. The van der Waals surface area contributed by atoms with Crippen molar-refractivity contribution in [3.8, 4) is 5.75 Å². The molecule has 3 heteroatoms. The number of nitrogens with two attached hydrogens (primary N) is 1. The quantitative estimate of drug-likeness (QED) is 0.897. The van der Waals surface area contributed by atoms with Crippen molar-refractivity contribution in [3.05, 3.63) is 66.0 Å². The minimum absolute atomic E-state index is 0.228. The highest BCUT2D eigenvalue weighted by Crippen LogP contribution is 2.20. The first-order chi connectivity index (χ1) is 8.66. The van der Waals surface area contributed by atoms with Gasteiger partial charge < -0.3 is 10.5 Å². The fourth-order valence-corrected chi connectivity index (χ4v) is 1.77. The number of benzene rings is 2. The summed E-state index contributed by atoms with van der Waals surface area (Å²) in [5.41, 5.74) is 7.11. The first-order valence-corrected chi connectivity index (χ1v) is 5.89. The molecule has 2 nitrogen and oxygen atoms in total. The van der Waals surface area contributed by atoms with Gasteiger partial charge in [-0.15, -0.1) is 0 Å². The van der Waals surface area contributed by atoms with Crippen LogP contribution in [-0.4, -0.2) is 6.10 Å². The SMILES string of the molecule is CC(Oc1cccc(F)c1)C(N)c1ccccc1. The third-order valence-corrected chi connectivity index (χ3v) is 2.81. The summed E-state index contributed by atoms with van der Waals surface area (Å²) in [5, 5.41) is 0. The van der Waals surface area contributed by atoms with Crippen molar-refractivity contribution in [1.29, 1.82) is 0 Å². The van der Waals surface area contributed by atoms with Gasteiger partial charge in [0.2, 0.25) is 0 Å². The molecule has 0 amide bonds. The van der Waals surface area contributed by atoms with Crippen molar-refractivity contribution in [1.82, 2.24) is 0 Å². The van der Waals surface area contributed by atoms with Gasteiger partial charge in [0.25, 0.3) is 0 Å². The topological polar surface area (TPSA) is 35.2 Å². The monoisotopic (exact) mass is 245 g/mol. The minimum Gasteiger partial charge on any atom is -0.489 e. The van der Waals surface area contributed by atoms with Crippen LogP contribution in [0.3, 0.4) is 0 Å². The third kappa shape index (κ3) is 3.08. The fraction of sp³-hybridized carbons (Fsp3) is 0.200. The Labute approximate surface area is 106 Å². The number of hydrogen-bond donors (Lipinski definition) is 1. The summed E-state index contributed by atoms with van der Waals surface area (Å²) in [6, 6.07) is 15.6. The summed E-state index contributed by atoms with van der Waals surface area (Å²) in [7, 11) is 0. The van der Waals surface area contributed by atoms with E-state index in [0.29, 0.717) is 5.75 Å². The molecule has 0 heterocycles. The van der Waals surface area contributed by atoms with Crippen LogP contribution >= 0.6 is 0 Å². The summed E-state index contributed by atoms with van der Waals surface area (Å²) in [6.07, 6.45) is -0.228. The Morgan fingerprint density at radius 3 is 2.44 bits per heavy atom. The van der Waals surface area contributed by atoms with Gasteiger partial charge in [0.1, 0.15) is 17.7 Å². The lowest BCUT2D eigenvalue weighted by Crippen LogP contribution is -2.28. The van der Waals surface area contributed by atoms with Crippen LogP contribution in [0.2, 0.25) is 0 Å². The molecule has 94 valence electrons. The summed E-state index contributed by atoms with van der Waals surface area (Å²) < 4.78 is 18.7. The molecule has 2 rings (SSSR count). The van der Waals surface area contributed by atoms with E-state index in [9.17, 15) is 4.39 Å². The van der Waals surface area contributed by atoms with Gasteiger partial charge in [-0.2, -0.15) is 0 Å². The lowest BCUT2D eigenvalue weighted by atomic mass is 10.0. The molecule has 0 saturated heterocycles. The van der Waals surface area contributed by atoms with Gasteiger partial charge in [-0.3, -0.25) is 0 Å². The number of hydrogen-bond acceptors (Lipinski definition) is 2. The van der Waals surface area contributed by atoms with E-state index in [1.165, 1.54) is 12.1 Å². The van der Waals surface area contributed by atoms with Crippen LogP contribution in [0.5, 0.6) is 5.75 Å². The standard InChI is InChI=1S/C15H16FNO/c1-11(15(17)12-6-3-2-4-7-12)18-14-9-5-8-13(16)10-14/h2-11,15H,17H2,1H3. The summed E-state index contributed by atoms with van der Waals surface area (Å²) >= 11 is 0. The van der Waals surface area contributed by atoms with Crippen molar-refractivity contribution in [2.24, 2.45) is 5.73 Å². The maximum Gasteiger partial charge on any atom is 0.126 e. The van der Waals surface area contributed by atoms with E-state index in [2.05, 4.69) is 0 Å². The van der Waals surface area contributed by atoms with E-state index in [4.69, 9.17) is 10.5 Å². The molecule has 0 fully saturated rings. The Bertz CT molecular complexity index is 501. The normalized spacial score (nSPS) is 13.9. The highest BCUT2D eigenvalue weighted by Gasteiger charge is 2.16. The number of halogens is 1. The van der Waals surface area contributed by atoms with Gasteiger partial charge in [0.05, 0.1) is 6.04 Å². The van der Waals surface area contributed by atoms with E-state index in [0.717, 1.165) is 5.56 Å². The second kappa shape index (κ2) is 5.65. The van der Waals surface area contributed by atoms with Gasteiger partial charge in [-0.05, 0) is 24.6 Å². The molecule has 2 aromatic rings. The maximum absolute atomic E-state index is 13.0. The molecule has 0 saturated carbocycles. The van der Waals surface area contributed by atoms with E-state index in [1.54, 1.807) is 12.1 Å². The molecule has 0 aliphatic rings. The molecule has 0 spiro atoms. The smallest absolute Gasteiger partial charge is 0.126 e. The average molecular weight is 245 g/mol. The zero-order valence-corrected chi connectivity index (χ0v) is 10.2. The lowest BCUT2D eigenvalue weighted by Gasteiger charge is -2.21. The minimum atomic E-state index is -0.312. The van der Waals surface area contributed by atoms with Crippen molar-refractivity contribution < 1.29 is 9.13 Å². The maximum atomic E-state index is 13.0. The lowest BCUT2D eigenvalue weighted by molar-refractivity contribution is 0.190. The van der Waals surface area contributed by atoms with Crippen LogP contribution in [0, 0.1) is 5.82 Å². The molecular formula is C15H16FNO. The predicted octanol–water partition coefficient (Wildman–Crippen LogP) is 3.29. The molecular weight excluding hydrogens is 229 g/mol. The molecule has 2 atom stereocenters. The molecule has 2 unspecified atom stereocenters. The molecule has 0 bridgehead atoms. The first kappa shape index (κ1) is 12.6. The van der Waals surface area contributed by atoms with Crippen LogP contribution in [0.4, 0.5) is 4.39 Å². The second-order valence-corrected chi connectivity index (χ2v) is 4.22.